The first kappa shape index (κ1) is 13.6. The molecule has 0 saturated carbocycles. The lowest BCUT2D eigenvalue weighted by atomic mass is 10.1. The van der Waals surface area contributed by atoms with E-state index in [0.717, 1.165) is 11.3 Å². The molecule has 0 radical (unpaired) electrons. The maximum Gasteiger partial charge on any atom is 0.177 e. The number of benzene rings is 1. The Kier molecular flexibility index (Phi) is 4.44. The number of hydrogen-bond donors (Lipinski definition) is 0. The van der Waals surface area contributed by atoms with Crippen molar-refractivity contribution in [3.8, 4) is 0 Å². The van der Waals surface area contributed by atoms with Gasteiger partial charge in [0.05, 0.1) is 4.88 Å². The number of aryl methyl sites for hydroxylation is 1. The number of carbonyl (C=O) groups excluding carboxylic acids is 1. The summed E-state index contributed by atoms with van der Waals surface area (Å²) in [6.45, 7) is 2.07. The number of carbonyl (C=O) groups is 1. The van der Waals surface area contributed by atoms with Crippen LogP contribution in [-0.2, 0) is 12.8 Å². The molecule has 0 bridgehead atoms. The van der Waals surface area contributed by atoms with Crippen molar-refractivity contribution in [1.82, 2.24) is 0 Å². The minimum Gasteiger partial charge on any atom is -0.293 e. The Bertz CT molecular complexity index is 555. The third-order valence-corrected chi connectivity index (χ3v) is 4.66. The Labute approximate surface area is 120 Å². The SMILES string of the molecule is CCc1ccc(C(=O)Cc2c(Cl)cccc2Cl)s1. The number of ketones is 1. The monoisotopic (exact) mass is 298 g/mol. The van der Waals surface area contributed by atoms with Gasteiger partial charge in [0.2, 0.25) is 0 Å². The van der Waals surface area contributed by atoms with Crippen LogP contribution in [0.25, 0.3) is 0 Å². The van der Waals surface area contributed by atoms with Crippen LogP contribution in [0, 0.1) is 0 Å². The molecule has 94 valence electrons. The number of halogens is 2. The van der Waals surface area contributed by atoms with Gasteiger partial charge in [0.1, 0.15) is 0 Å². The van der Waals surface area contributed by atoms with Crippen molar-refractivity contribution in [2.24, 2.45) is 0 Å². The lowest BCUT2D eigenvalue weighted by Gasteiger charge is -2.04. The third kappa shape index (κ3) is 2.94. The van der Waals surface area contributed by atoms with Gasteiger partial charge in [0, 0.05) is 21.3 Å². The van der Waals surface area contributed by atoms with Crippen LogP contribution in [0.3, 0.4) is 0 Å². The summed E-state index contributed by atoms with van der Waals surface area (Å²) in [6, 6.07) is 9.14. The van der Waals surface area contributed by atoms with Gasteiger partial charge in [0.25, 0.3) is 0 Å². The molecule has 0 atom stereocenters. The summed E-state index contributed by atoms with van der Waals surface area (Å²) in [7, 11) is 0. The zero-order valence-electron chi connectivity index (χ0n) is 9.87. The number of thiophene rings is 1. The van der Waals surface area contributed by atoms with Crippen LogP contribution in [-0.4, -0.2) is 5.78 Å². The molecular weight excluding hydrogens is 287 g/mol. The molecule has 1 nitrogen and oxygen atoms in total. The molecule has 0 spiro atoms. The summed E-state index contributed by atoms with van der Waals surface area (Å²) >= 11 is 13.7. The zero-order valence-corrected chi connectivity index (χ0v) is 12.2. The summed E-state index contributed by atoms with van der Waals surface area (Å²) in [5, 5.41) is 1.09. The van der Waals surface area contributed by atoms with E-state index >= 15 is 0 Å². The van der Waals surface area contributed by atoms with E-state index in [1.165, 1.54) is 16.2 Å². The topological polar surface area (TPSA) is 17.1 Å². The van der Waals surface area contributed by atoms with Crippen molar-refractivity contribution in [3.63, 3.8) is 0 Å². The molecule has 4 heteroatoms. The van der Waals surface area contributed by atoms with E-state index in [2.05, 4.69) is 6.92 Å². The van der Waals surface area contributed by atoms with Gasteiger partial charge in [-0.05, 0) is 36.2 Å². The Morgan fingerprint density at radius 3 is 2.39 bits per heavy atom. The second-order valence-electron chi connectivity index (χ2n) is 3.92. The lowest BCUT2D eigenvalue weighted by molar-refractivity contribution is 0.0997. The van der Waals surface area contributed by atoms with Crippen LogP contribution < -0.4 is 0 Å². The Morgan fingerprint density at radius 2 is 1.83 bits per heavy atom. The van der Waals surface area contributed by atoms with E-state index in [1.807, 2.05) is 12.1 Å². The molecule has 2 rings (SSSR count). The van der Waals surface area contributed by atoms with Gasteiger partial charge in [-0.1, -0.05) is 36.2 Å². The Morgan fingerprint density at radius 1 is 1.17 bits per heavy atom. The highest BCUT2D eigenvalue weighted by Crippen LogP contribution is 2.27. The highest BCUT2D eigenvalue weighted by molar-refractivity contribution is 7.14. The van der Waals surface area contributed by atoms with Crippen molar-refractivity contribution in [2.45, 2.75) is 19.8 Å². The average molecular weight is 299 g/mol. The van der Waals surface area contributed by atoms with E-state index in [4.69, 9.17) is 23.2 Å². The van der Waals surface area contributed by atoms with Gasteiger partial charge in [-0.2, -0.15) is 0 Å². The predicted octanol–water partition coefficient (Wildman–Crippen LogP) is 5.04. The minimum absolute atomic E-state index is 0.0645. The smallest absolute Gasteiger partial charge is 0.177 e. The maximum atomic E-state index is 12.1. The van der Waals surface area contributed by atoms with Gasteiger partial charge in [-0.3, -0.25) is 4.79 Å². The first-order chi connectivity index (χ1) is 8.61. The Balaban J connectivity index is 2.21. The summed E-state index contributed by atoms with van der Waals surface area (Å²) in [5.41, 5.74) is 0.706. The molecule has 0 aliphatic carbocycles. The van der Waals surface area contributed by atoms with Crippen LogP contribution >= 0.6 is 34.5 Å². The summed E-state index contributed by atoms with van der Waals surface area (Å²) in [4.78, 5) is 14.1. The van der Waals surface area contributed by atoms with E-state index < -0.39 is 0 Å². The first-order valence-corrected chi connectivity index (χ1v) is 7.24. The first-order valence-electron chi connectivity index (χ1n) is 5.66. The largest absolute Gasteiger partial charge is 0.293 e. The fourth-order valence-electron chi connectivity index (χ4n) is 1.67. The van der Waals surface area contributed by atoms with E-state index in [9.17, 15) is 4.79 Å². The molecule has 0 N–H and O–H groups in total. The van der Waals surface area contributed by atoms with Crippen LogP contribution in [0.2, 0.25) is 10.0 Å². The number of rotatable bonds is 4. The molecule has 1 heterocycles. The Hall–Kier alpha value is -0.830. The summed E-state index contributed by atoms with van der Waals surface area (Å²) in [6.07, 6.45) is 1.20. The highest BCUT2D eigenvalue weighted by atomic mass is 35.5. The number of hydrogen-bond acceptors (Lipinski definition) is 2. The van der Waals surface area contributed by atoms with Gasteiger partial charge in [-0.15, -0.1) is 11.3 Å². The lowest BCUT2D eigenvalue weighted by Crippen LogP contribution is -2.02. The second-order valence-corrected chi connectivity index (χ2v) is 5.90. The maximum absolute atomic E-state index is 12.1. The number of Topliss-reactive ketones (excluding diaryl/α,β-unsaturated/α-hetero) is 1. The van der Waals surface area contributed by atoms with Crippen molar-refractivity contribution < 1.29 is 4.79 Å². The standard InChI is InChI=1S/C14H12Cl2OS/c1-2-9-6-7-14(18-9)13(17)8-10-11(15)4-3-5-12(10)16/h3-7H,2,8H2,1H3. The minimum atomic E-state index is 0.0645. The molecule has 2 aromatic rings. The molecule has 0 aliphatic heterocycles. The van der Waals surface area contributed by atoms with Gasteiger partial charge < -0.3 is 0 Å². The highest BCUT2D eigenvalue weighted by Gasteiger charge is 2.14. The van der Waals surface area contributed by atoms with Crippen LogP contribution in [0.1, 0.15) is 27.0 Å². The summed E-state index contributed by atoms with van der Waals surface area (Å²) < 4.78 is 0. The van der Waals surface area contributed by atoms with Gasteiger partial charge in [-0.25, -0.2) is 0 Å². The quantitative estimate of drug-likeness (QED) is 0.723. The average Bonchev–Trinajstić information content (AvgIpc) is 2.82. The molecule has 0 aliphatic rings. The predicted molar refractivity (Wildman–Crippen MR) is 78.2 cm³/mol. The van der Waals surface area contributed by atoms with E-state index in [0.29, 0.717) is 15.6 Å². The molecule has 1 aromatic carbocycles. The molecule has 0 amide bonds. The van der Waals surface area contributed by atoms with Crippen molar-refractivity contribution in [2.75, 3.05) is 0 Å². The van der Waals surface area contributed by atoms with Crippen molar-refractivity contribution >= 4 is 40.3 Å². The van der Waals surface area contributed by atoms with Gasteiger partial charge in [0.15, 0.2) is 5.78 Å². The van der Waals surface area contributed by atoms with Crippen LogP contribution in [0.15, 0.2) is 30.3 Å². The molecule has 0 saturated heterocycles. The third-order valence-electron chi connectivity index (χ3n) is 2.68. The zero-order chi connectivity index (χ0) is 13.1. The van der Waals surface area contributed by atoms with Crippen molar-refractivity contribution in [1.29, 1.82) is 0 Å². The van der Waals surface area contributed by atoms with Crippen molar-refractivity contribution in [3.05, 3.63) is 55.7 Å². The molecule has 1 aromatic heterocycles. The van der Waals surface area contributed by atoms with E-state index in [-0.39, 0.29) is 12.2 Å². The summed E-state index contributed by atoms with van der Waals surface area (Å²) in [5.74, 6) is 0.0645. The fourth-order valence-corrected chi connectivity index (χ4v) is 3.08. The molecular formula is C14H12Cl2OS. The van der Waals surface area contributed by atoms with Crippen LogP contribution in [0.4, 0.5) is 0 Å². The van der Waals surface area contributed by atoms with Gasteiger partial charge >= 0.3 is 0 Å². The van der Waals surface area contributed by atoms with Crippen LogP contribution in [0.5, 0.6) is 0 Å². The van der Waals surface area contributed by atoms with E-state index in [1.54, 1.807) is 18.2 Å². The second kappa shape index (κ2) is 5.87. The fraction of sp³-hybridized carbons (Fsp3) is 0.214. The molecule has 0 fully saturated rings. The molecule has 18 heavy (non-hydrogen) atoms. The molecule has 0 unspecified atom stereocenters. The normalized spacial score (nSPS) is 10.6.